The van der Waals surface area contributed by atoms with Crippen LogP contribution in [0.2, 0.25) is 5.02 Å². The van der Waals surface area contributed by atoms with Crippen molar-refractivity contribution in [1.82, 2.24) is 4.90 Å². The van der Waals surface area contributed by atoms with Crippen molar-refractivity contribution >= 4 is 69.4 Å². The maximum Gasteiger partial charge on any atom is 0.305 e. The summed E-state index contributed by atoms with van der Waals surface area (Å²) in [5, 5.41) is 12.1. The molecule has 0 spiro atoms. The van der Waals surface area contributed by atoms with E-state index in [0.29, 0.717) is 31.2 Å². The Kier molecular flexibility index (Phi) is 7.67. The molecule has 0 aliphatic carbocycles. The lowest BCUT2D eigenvalue weighted by Crippen LogP contribution is -2.30. The second kappa shape index (κ2) is 10.4. The SMILES string of the molecule is O=C(O)CCN1C(=O)/C(=C\c2cccc(OCC(=O)Nc3ccc(Cl)cc3)c2)SC1=S. The number of thiocarbonyl (C=S) groups is 1. The number of carbonyl (C=O) groups excluding carboxylic acids is 2. The van der Waals surface area contributed by atoms with Crippen molar-refractivity contribution in [1.29, 1.82) is 0 Å². The summed E-state index contributed by atoms with van der Waals surface area (Å²) < 4.78 is 5.87. The maximum absolute atomic E-state index is 12.5. The highest BCUT2D eigenvalue weighted by molar-refractivity contribution is 8.26. The summed E-state index contributed by atoms with van der Waals surface area (Å²) in [7, 11) is 0. The molecule has 1 aliphatic rings. The summed E-state index contributed by atoms with van der Waals surface area (Å²) in [4.78, 5) is 37.0. The number of halogens is 1. The molecule has 0 atom stereocenters. The second-order valence-electron chi connectivity index (χ2n) is 6.39. The number of nitrogens with zero attached hydrogens (tertiary/aromatic N) is 1. The van der Waals surface area contributed by atoms with Crippen LogP contribution in [0.5, 0.6) is 5.75 Å². The van der Waals surface area contributed by atoms with Gasteiger partial charge in [-0.2, -0.15) is 0 Å². The van der Waals surface area contributed by atoms with Crippen molar-refractivity contribution in [2.24, 2.45) is 0 Å². The number of nitrogens with one attached hydrogen (secondary N) is 1. The highest BCUT2D eigenvalue weighted by Gasteiger charge is 2.32. The highest BCUT2D eigenvalue weighted by Crippen LogP contribution is 2.33. The molecular formula is C21H17ClN2O5S2. The molecule has 31 heavy (non-hydrogen) atoms. The van der Waals surface area contributed by atoms with E-state index in [4.69, 9.17) is 33.7 Å². The average molecular weight is 477 g/mol. The Morgan fingerprint density at radius 3 is 2.68 bits per heavy atom. The van der Waals surface area contributed by atoms with Crippen LogP contribution in [0.15, 0.2) is 53.4 Å². The van der Waals surface area contributed by atoms with E-state index >= 15 is 0 Å². The number of rotatable bonds is 8. The van der Waals surface area contributed by atoms with E-state index in [-0.39, 0.29) is 31.4 Å². The summed E-state index contributed by atoms with van der Waals surface area (Å²) in [5.41, 5.74) is 1.30. The molecular weight excluding hydrogens is 460 g/mol. The minimum Gasteiger partial charge on any atom is -0.484 e. The molecule has 0 saturated carbocycles. The first-order valence-electron chi connectivity index (χ1n) is 9.07. The van der Waals surface area contributed by atoms with Crippen molar-refractivity contribution in [2.75, 3.05) is 18.5 Å². The molecule has 2 N–H and O–H groups in total. The number of anilines is 1. The first kappa shape index (κ1) is 22.8. The van der Waals surface area contributed by atoms with E-state index in [2.05, 4.69) is 5.32 Å². The second-order valence-corrected chi connectivity index (χ2v) is 8.51. The van der Waals surface area contributed by atoms with E-state index in [1.807, 2.05) is 0 Å². The molecule has 1 aliphatic heterocycles. The summed E-state index contributed by atoms with van der Waals surface area (Å²) >= 11 is 12.1. The van der Waals surface area contributed by atoms with Gasteiger partial charge in [0.25, 0.3) is 11.8 Å². The topological polar surface area (TPSA) is 95.9 Å². The van der Waals surface area contributed by atoms with Crippen LogP contribution in [0.1, 0.15) is 12.0 Å². The number of carbonyl (C=O) groups is 3. The van der Waals surface area contributed by atoms with Gasteiger partial charge in [-0.1, -0.05) is 47.7 Å². The minimum absolute atomic E-state index is 0.0310. The van der Waals surface area contributed by atoms with Crippen LogP contribution < -0.4 is 10.1 Å². The lowest BCUT2D eigenvalue weighted by Gasteiger charge is -2.12. The van der Waals surface area contributed by atoms with Crippen LogP contribution in [0.25, 0.3) is 6.08 Å². The fourth-order valence-corrected chi connectivity index (χ4v) is 4.06. The monoisotopic (exact) mass is 476 g/mol. The van der Waals surface area contributed by atoms with Gasteiger partial charge in [-0.15, -0.1) is 0 Å². The predicted octanol–water partition coefficient (Wildman–Crippen LogP) is 4.03. The Bertz CT molecular complexity index is 1060. The zero-order chi connectivity index (χ0) is 22.4. The molecule has 10 heteroatoms. The van der Waals surface area contributed by atoms with Crippen molar-refractivity contribution < 1.29 is 24.2 Å². The molecule has 2 aromatic rings. The van der Waals surface area contributed by atoms with Crippen LogP contribution in [-0.4, -0.2) is 45.3 Å². The van der Waals surface area contributed by atoms with Crippen LogP contribution in [0.4, 0.5) is 5.69 Å². The zero-order valence-electron chi connectivity index (χ0n) is 16.0. The lowest BCUT2D eigenvalue weighted by molar-refractivity contribution is -0.137. The van der Waals surface area contributed by atoms with Crippen molar-refractivity contribution in [3.05, 3.63) is 64.0 Å². The molecule has 0 radical (unpaired) electrons. The summed E-state index contributed by atoms with van der Waals surface area (Å²) in [6, 6.07) is 13.6. The molecule has 7 nitrogen and oxygen atoms in total. The molecule has 1 heterocycles. The van der Waals surface area contributed by atoms with E-state index in [0.717, 1.165) is 11.8 Å². The molecule has 2 amide bonds. The molecule has 0 aromatic heterocycles. The Hall–Kier alpha value is -2.88. The molecule has 0 unspecified atom stereocenters. The van der Waals surface area contributed by atoms with Gasteiger partial charge in [0, 0.05) is 17.3 Å². The Balaban J connectivity index is 1.60. The van der Waals surface area contributed by atoms with Gasteiger partial charge in [-0.25, -0.2) is 0 Å². The van der Waals surface area contributed by atoms with Crippen LogP contribution >= 0.6 is 35.6 Å². The number of benzene rings is 2. The quantitative estimate of drug-likeness (QED) is 0.438. The summed E-state index contributed by atoms with van der Waals surface area (Å²) in [5.74, 6) is -1.19. The number of hydrogen-bond acceptors (Lipinski definition) is 6. The largest absolute Gasteiger partial charge is 0.484 e. The van der Waals surface area contributed by atoms with Gasteiger partial charge >= 0.3 is 5.97 Å². The summed E-state index contributed by atoms with van der Waals surface area (Å²) in [6.07, 6.45) is 1.47. The third kappa shape index (κ3) is 6.55. The van der Waals surface area contributed by atoms with Crippen LogP contribution in [-0.2, 0) is 14.4 Å². The molecule has 160 valence electrons. The normalized spacial score (nSPS) is 14.7. The average Bonchev–Trinajstić information content (AvgIpc) is 2.99. The number of amides is 2. The third-order valence-electron chi connectivity index (χ3n) is 4.08. The fraction of sp³-hybridized carbons (Fsp3) is 0.143. The first-order chi connectivity index (χ1) is 14.8. The molecule has 0 bridgehead atoms. The number of ether oxygens (including phenoxy) is 1. The van der Waals surface area contributed by atoms with Crippen LogP contribution in [0.3, 0.4) is 0 Å². The van der Waals surface area contributed by atoms with Crippen molar-refractivity contribution in [3.63, 3.8) is 0 Å². The number of thioether (sulfide) groups is 1. The Morgan fingerprint density at radius 1 is 1.23 bits per heavy atom. The zero-order valence-corrected chi connectivity index (χ0v) is 18.4. The van der Waals surface area contributed by atoms with Gasteiger partial charge in [-0.3, -0.25) is 19.3 Å². The highest BCUT2D eigenvalue weighted by atomic mass is 35.5. The van der Waals surface area contributed by atoms with Crippen molar-refractivity contribution in [2.45, 2.75) is 6.42 Å². The number of carboxylic acids is 1. The first-order valence-corrected chi connectivity index (χ1v) is 10.7. The van der Waals surface area contributed by atoms with Gasteiger partial charge in [0.15, 0.2) is 6.61 Å². The predicted molar refractivity (Wildman–Crippen MR) is 124 cm³/mol. The third-order valence-corrected chi connectivity index (χ3v) is 5.71. The molecule has 1 saturated heterocycles. The van der Waals surface area contributed by atoms with Gasteiger partial charge in [-0.05, 0) is 48.0 Å². The van der Waals surface area contributed by atoms with E-state index in [1.54, 1.807) is 54.6 Å². The van der Waals surface area contributed by atoms with Gasteiger partial charge in [0.05, 0.1) is 11.3 Å². The van der Waals surface area contributed by atoms with E-state index in [9.17, 15) is 14.4 Å². The molecule has 2 aromatic carbocycles. The van der Waals surface area contributed by atoms with Gasteiger partial charge in [0.2, 0.25) is 0 Å². The Morgan fingerprint density at radius 2 is 1.97 bits per heavy atom. The summed E-state index contributed by atoms with van der Waals surface area (Å²) in [6.45, 7) is -0.160. The van der Waals surface area contributed by atoms with Crippen LogP contribution in [0, 0.1) is 0 Å². The standard InChI is InChI=1S/C21H17ClN2O5S2/c22-14-4-6-15(7-5-14)23-18(25)12-29-16-3-1-2-13(10-16)11-17-20(28)24(21(30)31-17)9-8-19(26)27/h1-7,10-11H,8-9,12H2,(H,23,25)(H,26,27)/b17-11+. The molecule has 3 rings (SSSR count). The van der Waals surface area contributed by atoms with Crippen molar-refractivity contribution in [3.8, 4) is 5.75 Å². The number of carboxylic acid groups (broad SMARTS) is 1. The maximum atomic E-state index is 12.5. The lowest BCUT2D eigenvalue weighted by atomic mass is 10.2. The van der Waals surface area contributed by atoms with E-state index in [1.165, 1.54) is 4.90 Å². The van der Waals surface area contributed by atoms with E-state index < -0.39 is 5.97 Å². The Labute approximate surface area is 193 Å². The minimum atomic E-state index is -0.997. The smallest absolute Gasteiger partial charge is 0.305 e. The number of aliphatic carboxylic acids is 1. The fourth-order valence-electron chi connectivity index (χ4n) is 2.62. The molecule has 1 fully saturated rings. The van der Waals surface area contributed by atoms with Gasteiger partial charge < -0.3 is 15.2 Å². The van der Waals surface area contributed by atoms with Gasteiger partial charge in [0.1, 0.15) is 10.1 Å². The number of hydrogen-bond donors (Lipinski definition) is 2.